The van der Waals surface area contributed by atoms with Crippen molar-refractivity contribution in [2.24, 2.45) is 4.99 Å². The van der Waals surface area contributed by atoms with Gasteiger partial charge in [-0.15, -0.1) is 0 Å². The average Bonchev–Trinajstić information content (AvgIpc) is 2.07. The van der Waals surface area contributed by atoms with E-state index in [0.29, 0.717) is 5.88 Å². The van der Waals surface area contributed by atoms with E-state index in [0.717, 1.165) is 5.17 Å². The van der Waals surface area contributed by atoms with Gasteiger partial charge in [0.15, 0.2) is 5.17 Å². The lowest BCUT2D eigenvalue weighted by molar-refractivity contribution is 0.144. The minimum atomic E-state index is -0.127. The van der Waals surface area contributed by atoms with Gasteiger partial charge in [-0.25, -0.2) is 4.79 Å². The number of aliphatic imine (C=N–C) groups is 1. The van der Waals surface area contributed by atoms with Gasteiger partial charge in [0.2, 0.25) is 0 Å². The summed E-state index contributed by atoms with van der Waals surface area (Å²) in [6.45, 7) is 6.11. The molecule has 2 amide bonds. The third-order valence-electron chi connectivity index (χ3n) is 2.13. The highest BCUT2D eigenvalue weighted by Crippen LogP contribution is 2.25. The predicted molar refractivity (Wildman–Crippen MR) is 60.6 cm³/mol. The number of nitrogens with zero attached hydrogens (tertiary/aromatic N) is 3. The number of carbonyl (C=O) groups is 1. The van der Waals surface area contributed by atoms with Crippen LogP contribution in [0.25, 0.3) is 0 Å². The number of rotatable bonds is 0. The molecule has 1 aliphatic heterocycles. The fourth-order valence-electron chi connectivity index (χ4n) is 1.23. The number of thioether (sulfide) groups is 1. The molecule has 0 aromatic carbocycles. The molecule has 1 saturated heterocycles. The van der Waals surface area contributed by atoms with Crippen molar-refractivity contribution in [2.75, 3.05) is 20.0 Å². The molecule has 1 fully saturated rings. The first-order chi connectivity index (χ1) is 6.38. The van der Waals surface area contributed by atoms with Crippen LogP contribution in [0.2, 0.25) is 0 Å². The minimum Gasteiger partial charge on any atom is -0.310 e. The Morgan fingerprint density at radius 2 is 2.00 bits per heavy atom. The maximum atomic E-state index is 11.9. The fraction of sp³-hybridized carbons (Fsp3) is 0.778. The van der Waals surface area contributed by atoms with E-state index in [2.05, 4.69) is 4.99 Å². The molecule has 0 bridgehead atoms. The van der Waals surface area contributed by atoms with Crippen LogP contribution in [0.15, 0.2) is 4.99 Å². The highest BCUT2D eigenvalue weighted by atomic mass is 32.2. The van der Waals surface area contributed by atoms with Crippen molar-refractivity contribution >= 4 is 23.0 Å². The van der Waals surface area contributed by atoms with E-state index in [1.54, 1.807) is 30.8 Å². The molecule has 1 heterocycles. The van der Waals surface area contributed by atoms with Gasteiger partial charge in [-0.1, -0.05) is 11.8 Å². The first-order valence-corrected chi connectivity index (χ1v) is 5.51. The van der Waals surface area contributed by atoms with Gasteiger partial charge in [-0.2, -0.15) is 0 Å². The second kappa shape index (κ2) is 3.81. The molecule has 5 heteroatoms. The van der Waals surface area contributed by atoms with Gasteiger partial charge in [-0.05, 0) is 20.8 Å². The van der Waals surface area contributed by atoms with E-state index in [1.807, 2.05) is 25.7 Å². The molecule has 0 saturated carbocycles. The average molecular weight is 215 g/mol. The Hall–Kier alpha value is -0.710. The summed E-state index contributed by atoms with van der Waals surface area (Å²) in [5.74, 6) is 0.680. The molecule has 80 valence electrons. The third-order valence-corrected chi connectivity index (χ3v) is 3.23. The zero-order valence-corrected chi connectivity index (χ0v) is 10.2. The van der Waals surface area contributed by atoms with Crippen LogP contribution in [-0.2, 0) is 0 Å². The predicted octanol–water partition coefficient (Wildman–Crippen LogP) is 1.83. The van der Waals surface area contributed by atoms with Crippen molar-refractivity contribution < 1.29 is 4.79 Å². The summed E-state index contributed by atoms with van der Waals surface area (Å²) in [5, 5.41) is 0.788. The molecule has 0 N–H and O–H groups in total. The molecule has 0 spiro atoms. The van der Waals surface area contributed by atoms with Gasteiger partial charge >= 0.3 is 6.03 Å². The maximum absolute atomic E-state index is 11.9. The van der Waals surface area contributed by atoms with Crippen LogP contribution in [0.1, 0.15) is 20.8 Å². The third kappa shape index (κ3) is 2.03. The first-order valence-electron chi connectivity index (χ1n) is 4.53. The molecular weight excluding hydrogens is 198 g/mol. The minimum absolute atomic E-state index is 0.0249. The Labute approximate surface area is 89.4 Å². The lowest BCUT2D eigenvalue weighted by Crippen LogP contribution is -2.55. The monoisotopic (exact) mass is 215 g/mol. The smallest absolute Gasteiger partial charge is 0.310 e. The van der Waals surface area contributed by atoms with Gasteiger partial charge in [0.25, 0.3) is 0 Å². The van der Waals surface area contributed by atoms with Crippen LogP contribution < -0.4 is 0 Å². The molecule has 1 rings (SSSR count). The van der Waals surface area contributed by atoms with Crippen LogP contribution >= 0.6 is 11.8 Å². The Morgan fingerprint density at radius 3 is 2.43 bits per heavy atom. The van der Waals surface area contributed by atoms with Gasteiger partial charge < -0.3 is 4.90 Å². The maximum Gasteiger partial charge on any atom is 0.326 e. The van der Waals surface area contributed by atoms with Crippen molar-refractivity contribution in [3.8, 4) is 0 Å². The second-order valence-corrected chi connectivity index (χ2v) is 5.13. The van der Waals surface area contributed by atoms with E-state index in [1.165, 1.54) is 0 Å². The van der Waals surface area contributed by atoms with E-state index < -0.39 is 0 Å². The lowest BCUT2D eigenvalue weighted by atomic mass is 10.1. The molecule has 0 aromatic rings. The van der Waals surface area contributed by atoms with Gasteiger partial charge in [-0.3, -0.25) is 9.89 Å². The summed E-state index contributed by atoms with van der Waals surface area (Å²) in [6.07, 6.45) is 0. The Bertz CT molecular complexity index is 270. The molecule has 14 heavy (non-hydrogen) atoms. The largest absolute Gasteiger partial charge is 0.326 e. The molecule has 0 atom stereocenters. The SMILES string of the molecule is CN=C1SCN(C(C)(C)C)C(=O)N1C. The highest BCUT2D eigenvalue weighted by molar-refractivity contribution is 8.13. The number of amidine groups is 1. The number of amides is 2. The van der Waals surface area contributed by atoms with E-state index in [-0.39, 0.29) is 11.6 Å². The molecule has 4 nitrogen and oxygen atoms in total. The second-order valence-electron chi connectivity index (χ2n) is 4.22. The highest BCUT2D eigenvalue weighted by Gasteiger charge is 2.34. The van der Waals surface area contributed by atoms with Gasteiger partial charge in [0, 0.05) is 19.6 Å². The van der Waals surface area contributed by atoms with E-state index in [9.17, 15) is 4.79 Å². The lowest BCUT2D eigenvalue weighted by Gasteiger charge is -2.41. The molecule has 0 unspecified atom stereocenters. The topological polar surface area (TPSA) is 35.9 Å². The number of hydrogen-bond acceptors (Lipinski definition) is 3. The van der Waals surface area contributed by atoms with Crippen molar-refractivity contribution in [1.29, 1.82) is 0 Å². The quantitative estimate of drug-likeness (QED) is 0.618. The van der Waals surface area contributed by atoms with Crippen LogP contribution in [-0.4, -0.2) is 46.5 Å². The van der Waals surface area contributed by atoms with Crippen molar-refractivity contribution in [3.63, 3.8) is 0 Å². The Balaban J connectivity index is 2.85. The van der Waals surface area contributed by atoms with Crippen molar-refractivity contribution in [2.45, 2.75) is 26.3 Å². The van der Waals surface area contributed by atoms with Crippen molar-refractivity contribution in [3.05, 3.63) is 0 Å². The first kappa shape index (κ1) is 11.4. The van der Waals surface area contributed by atoms with Gasteiger partial charge in [0.05, 0.1) is 5.88 Å². The summed E-state index contributed by atoms with van der Waals surface area (Å²) >= 11 is 1.59. The summed E-state index contributed by atoms with van der Waals surface area (Å²) in [6, 6.07) is 0.0249. The Morgan fingerprint density at radius 1 is 1.43 bits per heavy atom. The van der Waals surface area contributed by atoms with Crippen LogP contribution in [0.3, 0.4) is 0 Å². The number of carbonyl (C=O) groups excluding carboxylic acids is 1. The molecule has 0 aliphatic carbocycles. The normalized spacial score (nSPS) is 22.1. The zero-order chi connectivity index (χ0) is 10.9. The van der Waals surface area contributed by atoms with E-state index >= 15 is 0 Å². The summed E-state index contributed by atoms with van der Waals surface area (Å²) in [5.41, 5.74) is -0.127. The van der Waals surface area contributed by atoms with E-state index in [4.69, 9.17) is 0 Å². The van der Waals surface area contributed by atoms with Crippen LogP contribution in [0.4, 0.5) is 4.79 Å². The molecule has 0 radical (unpaired) electrons. The zero-order valence-electron chi connectivity index (χ0n) is 9.37. The van der Waals surface area contributed by atoms with Crippen LogP contribution in [0, 0.1) is 0 Å². The van der Waals surface area contributed by atoms with Crippen LogP contribution in [0.5, 0.6) is 0 Å². The molecule has 0 aromatic heterocycles. The van der Waals surface area contributed by atoms with Gasteiger partial charge in [0.1, 0.15) is 0 Å². The number of urea groups is 1. The van der Waals surface area contributed by atoms with Crippen molar-refractivity contribution in [1.82, 2.24) is 9.80 Å². The summed E-state index contributed by atoms with van der Waals surface area (Å²) < 4.78 is 0. The fourth-order valence-corrected chi connectivity index (χ4v) is 2.38. The standard InChI is InChI=1S/C9H17N3OS/c1-9(2,3)12-6-14-7(10-4)11(5)8(12)13/h6H2,1-5H3. The molecule has 1 aliphatic rings. The Kier molecular flexibility index (Phi) is 3.09. The molecular formula is C9H17N3OS. The number of hydrogen-bond donors (Lipinski definition) is 0. The summed E-state index contributed by atoms with van der Waals surface area (Å²) in [4.78, 5) is 19.4. The summed E-state index contributed by atoms with van der Waals surface area (Å²) in [7, 11) is 3.47.